The van der Waals surface area contributed by atoms with Crippen molar-refractivity contribution < 1.29 is 40.3 Å². The fourth-order valence-corrected chi connectivity index (χ4v) is 0.815. The van der Waals surface area contributed by atoms with E-state index in [0.717, 1.165) is 17.4 Å². The van der Waals surface area contributed by atoms with E-state index in [1.54, 1.807) is 6.92 Å². The van der Waals surface area contributed by atoms with Crippen molar-refractivity contribution in [2.24, 2.45) is 0 Å². The first-order chi connectivity index (χ1) is 9.58. The monoisotopic (exact) mass is 351 g/mol. The molecule has 0 saturated heterocycles. The Balaban J connectivity index is 0. The standard InChI is InChI=1S/C10H20N2O2.CHF3O3S/c1-9(2)10(13)11-14-8-6-7-12(3,4)5;2-1(3,4)8(5,6)7/h1,6-8H2,2-5H3;(H,5,6,7)/p+1. The molecule has 0 aliphatic heterocycles. The van der Waals surface area contributed by atoms with Gasteiger partial charge in [-0.3, -0.25) is 14.2 Å². The largest absolute Gasteiger partial charge is 0.522 e. The molecule has 0 aliphatic rings. The van der Waals surface area contributed by atoms with Crippen molar-refractivity contribution in [2.75, 3.05) is 34.3 Å². The van der Waals surface area contributed by atoms with Crippen LogP contribution >= 0.6 is 0 Å². The van der Waals surface area contributed by atoms with Gasteiger partial charge in [-0.2, -0.15) is 21.6 Å². The Labute approximate surface area is 128 Å². The van der Waals surface area contributed by atoms with Gasteiger partial charge in [0.05, 0.1) is 34.3 Å². The van der Waals surface area contributed by atoms with Crippen LogP contribution in [0.4, 0.5) is 13.2 Å². The Morgan fingerprint density at radius 1 is 1.32 bits per heavy atom. The molecule has 0 radical (unpaired) electrons. The lowest BCUT2D eigenvalue weighted by Crippen LogP contribution is -2.36. The molecule has 1 amide bonds. The van der Waals surface area contributed by atoms with E-state index in [0.29, 0.717) is 12.2 Å². The molecule has 0 aliphatic carbocycles. The van der Waals surface area contributed by atoms with Crippen molar-refractivity contribution >= 4 is 16.0 Å². The van der Waals surface area contributed by atoms with E-state index in [-0.39, 0.29) is 5.91 Å². The van der Waals surface area contributed by atoms with Gasteiger partial charge in [-0.1, -0.05) is 6.58 Å². The molecule has 0 spiro atoms. The second-order valence-corrected chi connectivity index (χ2v) is 6.76. The molecule has 0 heterocycles. The summed E-state index contributed by atoms with van der Waals surface area (Å²) in [4.78, 5) is 15.9. The molecule has 0 rings (SSSR count). The predicted octanol–water partition coefficient (Wildman–Crippen LogP) is 1.10. The van der Waals surface area contributed by atoms with Crippen molar-refractivity contribution in [3.05, 3.63) is 12.2 Å². The minimum Gasteiger partial charge on any atom is -0.331 e. The molecule has 0 bridgehead atoms. The van der Waals surface area contributed by atoms with E-state index in [2.05, 4.69) is 33.2 Å². The van der Waals surface area contributed by atoms with Crippen LogP contribution in [0, 0.1) is 0 Å². The summed E-state index contributed by atoms with van der Waals surface area (Å²) in [6.45, 7) is 6.69. The average Bonchev–Trinajstić information content (AvgIpc) is 2.24. The number of hydroxylamine groups is 1. The predicted molar refractivity (Wildman–Crippen MR) is 74.0 cm³/mol. The third-order valence-corrected chi connectivity index (χ3v) is 2.51. The van der Waals surface area contributed by atoms with E-state index in [1.807, 2.05) is 0 Å². The molecular formula is C11H22F3N2O5S+. The van der Waals surface area contributed by atoms with Crippen LogP contribution in [0.5, 0.6) is 0 Å². The van der Waals surface area contributed by atoms with Crippen LogP contribution in [0.2, 0.25) is 0 Å². The Hall–Kier alpha value is -1.17. The summed E-state index contributed by atoms with van der Waals surface area (Å²) < 4.78 is 58.4. The number of alkyl halides is 3. The first-order valence-corrected chi connectivity index (χ1v) is 7.44. The third kappa shape index (κ3) is 13.8. The van der Waals surface area contributed by atoms with Crippen molar-refractivity contribution in [3.8, 4) is 0 Å². The first-order valence-electron chi connectivity index (χ1n) is 6.00. The molecule has 22 heavy (non-hydrogen) atoms. The van der Waals surface area contributed by atoms with Crippen molar-refractivity contribution in [1.29, 1.82) is 0 Å². The highest BCUT2D eigenvalue weighted by Gasteiger charge is 2.44. The summed E-state index contributed by atoms with van der Waals surface area (Å²) in [5.74, 6) is -0.254. The maximum absolute atomic E-state index is 11.0. The summed E-state index contributed by atoms with van der Waals surface area (Å²) in [5, 5.41) is 0. The maximum atomic E-state index is 11.0. The topological polar surface area (TPSA) is 92.7 Å². The number of hydrogen-bond donors (Lipinski definition) is 2. The minimum absolute atomic E-state index is 0.254. The van der Waals surface area contributed by atoms with Crippen LogP contribution in [0.15, 0.2) is 12.2 Å². The molecule has 7 nitrogen and oxygen atoms in total. The summed E-state index contributed by atoms with van der Waals surface area (Å²) in [5.41, 5.74) is -2.76. The van der Waals surface area contributed by atoms with Crippen LogP contribution in [-0.4, -0.2) is 63.2 Å². The molecule has 0 aromatic carbocycles. The Bertz CT molecular complexity index is 469. The van der Waals surface area contributed by atoms with Crippen LogP contribution in [0.1, 0.15) is 13.3 Å². The summed E-state index contributed by atoms with van der Waals surface area (Å²) in [6.07, 6.45) is 0.917. The highest BCUT2D eigenvalue weighted by molar-refractivity contribution is 7.86. The van der Waals surface area contributed by atoms with Gasteiger partial charge in [0.2, 0.25) is 0 Å². The zero-order valence-electron chi connectivity index (χ0n) is 12.9. The maximum Gasteiger partial charge on any atom is 0.522 e. The van der Waals surface area contributed by atoms with Gasteiger partial charge < -0.3 is 4.48 Å². The molecule has 0 unspecified atom stereocenters. The quantitative estimate of drug-likeness (QED) is 0.187. The van der Waals surface area contributed by atoms with Gasteiger partial charge in [0, 0.05) is 12.0 Å². The Morgan fingerprint density at radius 3 is 2.00 bits per heavy atom. The van der Waals surface area contributed by atoms with Gasteiger partial charge in [-0.25, -0.2) is 5.48 Å². The molecule has 2 N–H and O–H groups in total. The van der Waals surface area contributed by atoms with Crippen molar-refractivity contribution in [2.45, 2.75) is 18.9 Å². The van der Waals surface area contributed by atoms with E-state index in [1.165, 1.54) is 0 Å². The zero-order valence-corrected chi connectivity index (χ0v) is 13.7. The van der Waals surface area contributed by atoms with Crippen molar-refractivity contribution in [1.82, 2.24) is 5.48 Å². The summed E-state index contributed by atoms with van der Waals surface area (Å²) >= 11 is 0. The number of quaternary nitrogens is 1. The molecule has 0 aromatic rings. The number of carbonyl (C=O) groups is 1. The smallest absolute Gasteiger partial charge is 0.331 e. The fraction of sp³-hybridized carbons (Fsp3) is 0.727. The highest BCUT2D eigenvalue weighted by atomic mass is 32.2. The second-order valence-electron chi connectivity index (χ2n) is 5.35. The molecule has 132 valence electrons. The normalized spacial score (nSPS) is 12.2. The highest BCUT2D eigenvalue weighted by Crippen LogP contribution is 2.20. The average molecular weight is 351 g/mol. The number of amides is 1. The molecule has 0 atom stereocenters. The molecule has 0 saturated carbocycles. The van der Waals surface area contributed by atoms with Crippen molar-refractivity contribution in [3.63, 3.8) is 0 Å². The molecule has 11 heteroatoms. The van der Waals surface area contributed by atoms with Crippen LogP contribution in [0.3, 0.4) is 0 Å². The number of rotatable bonds is 6. The van der Waals surface area contributed by atoms with Gasteiger partial charge in [0.1, 0.15) is 0 Å². The van der Waals surface area contributed by atoms with E-state index in [4.69, 9.17) is 17.8 Å². The van der Waals surface area contributed by atoms with Gasteiger partial charge >= 0.3 is 15.6 Å². The first kappa shape index (κ1) is 23.1. The summed E-state index contributed by atoms with van der Waals surface area (Å²) in [6, 6.07) is 0. The van der Waals surface area contributed by atoms with Gasteiger partial charge in [0.15, 0.2) is 0 Å². The fourth-order valence-electron chi connectivity index (χ4n) is 0.815. The van der Waals surface area contributed by atoms with E-state index < -0.39 is 15.6 Å². The Morgan fingerprint density at radius 2 is 1.73 bits per heavy atom. The third-order valence-electron chi connectivity index (χ3n) is 1.92. The zero-order chi connectivity index (χ0) is 18.2. The Kier molecular flexibility index (Phi) is 9.53. The minimum atomic E-state index is -5.84. The van der Waals surface area contributed by atoms with Gasteiger partial charge in [-0.15, -0.1) is 0 Å². The van der Waals surface area contributed by atoms with E-state index >= 15 is 0 Å². The molecular weight excluding hydrogens is 329 g/mol. The lowest BCUT2D eigenvalue weighted by atomic mass is 10.3. The SMILES string of the molecule is C=C(C)C(=O)NOCCC[N+](C)(C)C.O=S(=O)(O)C(F)(F)F. The van der Waals surface area contributed by atoms with Crippen LogP contribution in [-0.2, 0) is 19.8 Å². The van der Waals surface area contributed by atoms with Crippen LogP contribution < -0.4 is 5.48 Å². The summed E-state index contributed by atoms with van der Waals surface area (Å²) in [7, 11) is 0.512. The number of halogens is 3. The number of nitrogens with zero attached hydrogens (tertiary/aromatic N) is 1. The number of carbonyl (C=O) groups excluding carboxylic acids is 1. The molecule has 0 aromatic heterocycles. The number of nitrogens with one attached hydrogen (secondary N) is 1. The van der Waals surface area contributed by atoms with Gasteiger partial charge in [-0.05, 0) is 6.92 Å². The molecule has 0 fully saturated rings. The lowest BCUT2D eigenvalue weighted by molar-refractivity contribution is -0.870. The lowest BCUT2D eigenvalue weighted by Gasteiger charge is -2.23. The van der Waals surface area contributed by atoms with E-state index in [9.17, 15) is 18.0 Å². The van der Waals surface area contributed by atoms with Gasteiger partial charge in [0.25, 0.3) is 5.91 Å². The number of hydrogen-bond acceptors (Lipinski definition) is 4. The van der Waals surface area contributed by atoms with Crippen LogP contribution in [0.25, 0.3) is 0 Å². The second kappa shape index (κ2) is 9.08.